The molecule has 3 aromatic rings. The van der Waals surface area contributed by atoms with Crippen molar-refractivity contribution in [1.82, 2.24) is 10.2 Å². The number of piperazine rings is 1. The second-order valence-corrected chi connectivity index (χ2v) is 8.50. The van der Waals surface area contributed by atoms with Crippen LogP contribution in [0, 0.1) is 0 Å². The maximum absolute atomic E-state index is 12.4. The molecule has 0 bridgehead atoms. The van der Waals surface area contributed by atoms with Crippen molar-refractivity contribution in [3.63, 3.8) is 0 Å². The van der Waals surface area contributed by atoms with Crippen LogP contribution < -0.4 is 15.0 Å². The van der Waals surface area contributed by atoms with E-state index < -0.39 is 0 Å². The highest BCUT2D eigenvalue weighted by Gasteiger charge is 2.15. The Kier molecular flexibility index (Phi) is 6.67. The molecule has 0 atom stereocenters. The van der Waals surface area contributed by atoms with Crippen LogP contribution in [0.5, 0.6) is 5.75 Å². The first kappa shape index (κ1) is 20.4. The second-order valence-electron chi connectivity index (χ2n) is 7.42. The number of likely N-dealkylation sites (N-methyl/N-ethyl adjacent to an activating group) is 1. The lowest BCUT2D eigenvalue weighted by Crippen LogP contribution is -2.44. The molecule has 156 valence electrons. The minimum Gasteiger partial charge on any atom is -0.492 e. The minimum absolute atomic E-state index is 0.0584. The van der Waals surface area contributed by atoms with Crippen LogP contribution in [0.15, 0.2) is 66.7 Å². The molecule has 1 fully saturated rings. The summed E-state index contributed by atoms with van der Waals surface area (Å²) in [5.41, 5.74) is 2.41. The number of anilines is 1. The molecule has 0 radical (unpaired) electrons. The number of amides is 1. The van der Waals surface area contributed by atoms with E-state index in [0.29, 0.717) is 18.0 Å². The Morgan fingerprint density at radius 3 is 2.43 bits per heavy atom. The Morgan fingerprint density at radius 1 is 0.967 bits per heavy atom. The highest BCUT2D eigenvalue weighted by molar-refractivity contribution is 7.17. The summed E-state index contributed by atoms with van der Waals surface area (Å²) in [4.78, 5) is 19.0. The van der Waals surface area contributed by atoms with E-state index in [1.165, 1.54) is 17.0 Å². The molecule has 1 aromatic heterocycles. The summed E-state index contributed by atoms with van der Waals surface area (Å²) in [6.07, 6.45) is 0. The molecule has 0 unspecified atom stereocenters. The van der Waals surface area contributed by atoms with Gasteiger partial charge in [-0.1, -0.05) is 30.3 Å². The Balaban J connectivity index is 1.29. The van der Waals surface area contributed by atoms with Gasteiger partial charge in [-0.15, -0.1) is 11.3 Å². The van der Waals surface area contributed by atoms with Gasteiger partial charge < -0.3 is 19.9 Å². The zero-order valence-electron chi connectivity index (χ0n) is 17.2. The van der Waals surface area contributed by atoms with E-state index in [1.807, 2.05) is 42.5 Å². The Bertz CT molecular complexity index is 948. The van der Waals surface area contributed by atoms with Crippen LogP contribution in [0.3, 0.4) is 0 Å². The predicted octanol–water partition coefficient (Wildman–Crippen LogP) is 3.98. The third kappa shape index (κ3) is 5.20. The molecule has 5 nitrogen and oxygen atoms in total. The van der Waals surface area contributed by atoms with E-state index in [9.17, 15) is 4.79 Å². The largest absolute Gasteiger partial charge is 0.492 e. The van der Waals surface area contributed by atoms with E-state index in [-0.39, 0.29) is 5.91 Å². The molecule has 6 heteroatoms. The number of hydrogen-bond acceptors (Lipinski definition) is 5. The topological polar surface area (TPSA) is 44.8 Å². The fraction of sp³-hybridized carbons (Fsp3) is 0.292. The van der Waals surface area contributed by atoms with Crippen molar-refractivity contribution in [2.24, 2.45) is 0 Å². The van der Waals surface area contributed by atoms with Gasteiger partial charge >= 0.3 is 0 Å². The zero-order valence-corrected chi connectivity index (χ0v) is 18.0. The van der Waals surface area contributed by atoms with E-state index in [0.717, 1.165) is 42.4 Å². The maximum atomic E-state index is 12.4. The number of rotatable bonds is 7. The fourth-order valence-electron chi connectivity index (χ4n) is 3.45. The molecule has 1 aliphatic rings. The smallest absolute Gasteiger partial charge is 0.261 e. The number of thiophene rings is 1. The van der Waals surface area contributed by atoms with Gasteiger partial charge in [-0.2, -0.15) is 0 Å². The van der Waals surface area contributed by atoms with E-state index in [1.54, 1.807) is 0 Å². The van der Waals surface area contributed by atoms with Crippen molar-refractivity contribution in [2.45, 2.75) is 0 Å². The van der Waals surface area contributed by atoms with Crippen LogP contribution in [-0.2, 0) is 0 Å². The summed E-state index contributed by atoms with van der Waals surface area (Å²) in [7, 11) is 2.17. The van der Waals surface area contributed by atoms with Crippen molar-refractivity contribution in [3.8, 4) is 16.2 Å². The average Bonchev–Trinajstić information content (AvgIpc) is 3.28. The Hall–Kier alpha value is -2.83. The highest BCUT2D eigenvalue weighted by Crippen LogP contribution is 2.30. The van der Waals surface area contributed by atoms with Crippen molar-refractivity contribution in [3.05, 3.63) is 71.6 Å². The van der Waals surface area contributed by atoms with Crippen LogP contribution >= 0.6 is 11.3 Å². The first-order valence-corrected chi connectivity index (χ1v) is 11.1. The average molecular weight is 422 g/mol. The lowest BCUT2D eigenvalue weighted by atomic mass is 10.1. The van der Waals surface area contributed by atoms with Crippen LogP contribution in [0.4, 0.5) is 5.69 Å². The SMILES string of the molecule is CN1CCN(c2ccc(-c3ccc(C(=O)NCCOc4ccccc4)s3)cc2)CC1. The molecule has 0 saturated carbocycles. The standard InChI is InChI=1S/C24H27N3O2S/c1-26-14-16-27(17-15-26)20-9-7-19(8-10-20)22-11-12-23(30-22)24(28)25-13-18-29-21-5-3-2-4-6-21/h2-12H,13-18H2,1H3,(H,25,28). The van der Waals surface area contributed by atoms with Gasteiger partial charge in [0, 0.05) is 36.7 Å². The summed E-state index contributed by atoms with van der Waals surface area (Å²) in [6, 6.07) is 22.2. The van der Waals surface area contributed by atoms with Crippen LogP contribution in [0.1, 0.15) is 9.67 Å². The molecular formula is C24H27N3O2S. The van der Waals surface area contributed by atoms with Gasteiger partial charge in [0.2, 0.25) is 0 Å². The number of carbonyl (C=O) groups excluding carboxylic acids is 1. The molecule has 2 heterocycles. The third-order valence-electron chi connectivity index (χ3n) is 5.25. The quantitative estimate of drug-likeness (QED) is 0.586. The lowest BCUT2D eigenvalue weighted by molar-refractivity contribution is 0.0951. The second kappa shape index (κ2) is 9.78. The number of nitrogens with one attached hydrogen (secondary N) is 1. The van der Waals surface area contributed by atoms with Gasteiger partial charge in [-0.25, -0.2) is 0 Å². The van der Waals surface area contributed by atoms with Gasteiger partial charge in [0.25, 0.3) is 5.91 Å². The molecule has 1 aliphatic heterocycles. The molecular weight excluding hydrogens is 394 g/mol. The van der Waals surface area contributed by atoms with Crippen LogP contribution in [0.2, 0.25) is 0 Å². The lowest BCUT2D eigenvalue weighted by Gasteiger charge is -2.34. The van der Waals surface area contributed by atoms with Crippen molar-refractivity contribution >= 4 is 22.9 Å². The summed E-state index contributed by atoms with van der Waals surface area (Å²) < 4.78 is 5.62. The Morgan fingerprint density at radius 2 is 1.70 bits per heavy atom. The molecule has 0 aliphatic carbocycles. The highest BCUT2D eigenvalue weighted by atomic mass is 32.1. The number of para-hydroxylation sites is 1. The van der Waals surface area contributed by atoms with E-state index in [4.69, 9.17) is 4.74 Å². The normalized spacial score (nSPS) is 14.5. The molecule has 0 spiro atoms. The van der Waals surface area contributed by atoms with Crippen LogP contribution in [-0.4, -0.2) is 57.2 Å². The predicted molar refractivity (Wildman–Crippen MR) is 124 cm³/mol. The molecule has 1 saturated heterocycles. The first-order valence-electron chi connectivity index (χ1n) is 10.3. The third-order valence-corrected chi connectivity index (χ3v) is 6.38. The number of benzene rings is 2. The maximum Gasteiger partial charge on any atom is 0.261 e. The molecule has 1 amide bonds. The Labute approximate surface area is 181 Å². The van der Waals surface area contributed by atoms with E-state index in [2.05, 4.69) is 46.4 Å². The van der Waals surface area contributed by atoms with Gasteiger partial charge in [0.05, 0.1) is 11.4 Å². The molecule has 1 N–H and O–H groups in total. The summed E-state index contributed by atoms with van der Waals surface area (Å²) in [5, 5.41) is 2.93. The summed E-state index contributed by atoms with van der Waals surface area (Å²) in [5.74, 6) is 0.752. The van der Waals surface area contributed by atoms with Gasteiger partial charge in [0.15, 0.2) is 0 Å². The van der Waals surface area contributed by atoms with Crippen LogP contribution in [0.25, 0.3) is 10.4 Å². The first-order chi connectivity index (χ1) is 14.7. The molecule has 30 heavy (non-hydrogen) atoms. The van der Waals surface area contributed by atoms with Crippen molar-refractivity contribution < 1.29 is 9.53 Å². The zero-order chi connectivity index (χ0) is 20.8. The molecule has 2 aromatic carbocycles. The van der Waals surface area contributed by atoms with Crippen molar-refractivity contribution in [2.75, 3.05) is 51.3 Å². The van der Waals surface area contributed by atoms with Crippen molar-refractivity contribution in [1.29, 1.82) is 0 Å². The summed E-state index contributed by atoms with van der Waals surface area (Å²) in [6.45, 7) is 5.24. The van der Waals surface area contributed by atoms with E-state index >= 15 is 0 Å². The minimum atomic E-state index is -0.0584. The number of nitrogens with zero attached hydrogens (tertiary/aromatic N) is 2. The number of hydrogen-bond donors (Lipinski definition) is 1. The number of ether oxygens (including phenoxy) is 1. The monoisotopic (exact) mass is 421 g/mol. The fourth-order valence-corrected chi connectivity index (χ4v) is 4.38. The van der Waals surface area contributed by atoms with Gasteiger partial charge in [-0.3, -0.25) is 4.79 Å². The van der Waals surface area contributed by atoms with Gasteiger partial charge in [-0.05, 0) is 49.0 Å². The summed E-state index contributed by atoms with van der Waals surface area (Å²) >= 11 is 1.52. The van der Waals surface area contributed by atoms with Gasteiger partial charge in [0.1, 0.15) is 12.4 Å². The molecule has 4 rings (SSSR count). The number of carbonyl (C=O) groups is 1.